The molecule has 0 aliphatic carbocycles. The molecule has 0 N–H and O–H groups in total. The van der Waals surface area contributed by atoms with Crippen LogP contribution in [0.5, 0.6) is 5.75 Å². The van der Waals surface area contributed by atoms with Crippen LogP contribution in [0.4, 0.5) is 0 Å². The summed E-state index contributed by atoms with van der Waals surface area (Å²) in [5.74, 6) is 0.546. The Morgan fingerprint density at radius 3 is 2.67 bits per heavy atom. The molecule has 0 aliphatic rings. The molecule has 112 valence electrons. The number of carbonyl (C=O) groups is 1. The zero-order valence-electron chi connectivity index (χ0n) is 12.5. The first-order chi connectivity index (χ1) is 10.0. The Kier molecular flexibility index (Phi) is 4.96. The van der Waals surface area contributed by atoms with E-state index < -0.39 is 5.41 Å². The predicted octanol–water partition coefficient (Wildman–Crippen LogP) is 3.56. The molecule has 1 aromatic heterocycles. The summed E-state index contributed by atoms with van der Waals surface area (Å²) in [5, 5.41) is 2.73. The molecule has 1 heterocycles. The van der Waals surface area contributed by atoms with Crippen LogP contribution < -0.4 is 4.74 Å². The third-order valence-electron chi connectivity index (χ3n) is 3.08. The first-order valence-corrected chi connectivity index (χ1v) is 7.72. The summed E-state index contributed by atoms with van der Waals surface area (Å²) in [6.07, 6.45) is 0. The van der Waals surface area contributed by atoms with Crippen molar-refractivity contribution in [1.82, 2.24) is 4.98 Å². The molecule has 0 bridgehead atoms. The van der Waals surface area contributed by atoms with Crippen molar-refractivity contribution in [2.75, 3.05) is 6.61 Å². The second-order valence-electron chi connectivity index (χ2n) is 5.07. The molecule has 0 radical (unpaired) electrons. The van der Waals surface area contributed by atoms with Crippen molar-refractivity contribution in [3.8, 4) is 5.75 Å². The molecule has 0 amide bonds. The van der Waals surface area contributed by atoms with E-state index in [2.05, 4.69) is 4.98 Å². The fraction of sp³-hybridized carbons (Fsp3) is 0.375. The maximum Gasteiger partial charge on any atom is 0.317 e. The molecule has 2 aromatic rings. The van der Waals surface area contributed by atoms with E-state index >= 15 is 0 Å². The van der Waals surface area contributed by atoms with Gasteiger partial charge in [-0.25, -0.2) is 4.98 Å². The number of thiazole rings is 1. The highest BCUT2D eigenvalue weighted by Gasteiger charge is 2.33. The van der Waals surface area contributed by atoms with E-state index in [1.165, 1.54) is 11.3 Å². The lowest BCUT2D eigenvalue weighted by molar-refractivity contribution is -0.148. The van der Waals surface area contributed by atoms with Crippen LogP contribution in [0.25, 0.3) is 0 Å². The number of carbonyl (C=O) groups excluding carboxylic acids is 1. The summed E-state index contributed by atoms with van der Waals surface area (Å²) in [6, 6.07) is 9.59. The van der Waals surface area contributed by atoms with Crippen LogP contribution in [-0.4, -0.2) is 17.6 Å². The van der Waals surface area contributed by atoms with Crippen molar-refractivity contribution in [3.05, 3.63) is 46.4 Å². The zero-order chi connectivity index (χ0) is 15.3. The first-order valence-electron chi connectivity index (χ1n) is 6.84. The van der Waals surface area contributed by atoms with Crippen LogP contribution in [0.15, 0.2) is 35.7 Å². The highest BCUT2D eigenvalue weighted by molar-refractivity contribution is 7.09. The van der Waals surface area contributed by atoms with Crippen LogP contribution in [-0.2, 0) is 21.6 Å². The van der Waals surface area contributed by atoms with Gasteiger partial charge in [0.05, 0.1) is 12.3 Å². The molecule has 0 fully saturated rings. The molecule has 0 atom stereocenters. The van der Waals surface area contributed by atoms with Gasteiger partial charge in [-0.2, -0.15) is 0 Å². The second kappa shape index (κ2) is 6.72. The van der Waals surface area contributed by atoms with Gasteiger partial charge in [-0.15, -0.1) is 11.3 Å². The fourth-order valence-corrected chi connectivity index (χ4v) is 2.62. The molecule has 0 unspecified atom stereocenters. The number of hydrogen-bond donors (Lipinski definition) is 0. The Balaban J connectivity index is 2.02. The Bertz CT molecular complexity index is 593. The van der Waals surface area contributed by atoms with Gasteiger partial charge in [0.2, 0.25) is 0 Å². The number of nitrogens with zero attached hydrogens (tertiary/aromatic N) is 1. The molecule has 0 aliphatic heterocycles. The molecule has 2 rings (SSSR count). The second-order valence-corrected chi connectivity index (χ2v) is 6.02. The lowest BCUT2D eigenvalue weighted by Gasteiger charge is -2.19. The standard InChI is InChI=1S/C16H19NO3S/c1-4-19-15(18)16(2,3)13-11-21-14(17-13)10-20-12-8-6-5-7-9-12/h5-9,11H,4,10H2,1-3H3. The van der Waals surface area contributed by atoms with Gasteiger partial charge in [0.15, 0.2) is 0 Å². The minimum atomic E-state index is -0.739. The molecule has 4 nitrogen and oxygen atoms in total. The average molecular weight is 305 g/mol. The van der Waals surface area contributed by atoms with Crippen molar-refractivity contribution in [2.24, 2.45) is 0 Å². The van der Waals surface area contributed by atoms with Gasteiger partial charge in [0.25, 0.3) is 0 Å². The Labute approximate surface area is 128 Å². The maximum absolute atomic E-state index is 12.0. The number of para-hydroxylation sites is 1. The van der Waals surface area contributed by atoms with E-state index in [9.17, 15) is 4.79 Å². The number of hydrogen-bond acceptors (Lipinski definition) is 5. The van der Waals surface area contributed by atoms with Gasteiger partial charge in [-0.05, 0) is 32.9 Å². The molecule has 1 aromatic carbocycles. The number of benzene rings is 1. The SMILES string of the molecule is CCOC(=O)C(C)(C)c1csc(COc2ccccc2)n1. The topological polar surface area (TPSA) is 48.4 Å². The monoisotopic (exact) mass is 305 g/mol. The van der Waals surface area contributed by atoms with Crippen molar-refractivity contribution in [3.63, 3.8) is 0 Å². The van der Waals surface area contributed by atoms with Crippen molar-refractivity contribution in [1.29, 1.82) is 0 Å². The summed E-state index contributed by atoms with van der Waals surface area (Å²) >= 11 is 1.49. The van der Waals surface area contributed by atoms with Gasteiger partial charge in [-0.1, -0.05) is 18.2 Å². The summed E-state index contributed by atoms with van der Waals surface area (Å²) in [7, 11) is 0. The first kappa shape index (κ1) is 15.5. The van der Waals surface area contributed by atoms with Crippen LogP contribution in [0.2, 0.25) is 0 Å². The number of rotatable bonds is 6. The normalized spacial score (nSPS) is 11.2. The van der Waals surface area contributed by atoms with E-state index in [0.29, 0.717) is 13.2 Å². The molecule has 0 spiro atoms. The Morgan fingerprint density at radius 2 is 2.00 bits per heavy atom. The van der Waals surface area contributed by atoms with Crippen LogP contribution in [0.1, 0.15) is 31.5 Å². The summed E-state index contributed by atoms with van der Waals surface area (Å²) in [5.41, 5.74) is -0.0186. The Morgan fingerprint density at radius 1 is 1.29 bits per heavy atom. The third-order valence-corrected chi connectivity index (χ3v) is 3.91. The minimum absolute atomic E-state index is 0.258. The van der Waals surface area contributed by atoms with Gasteiger partial charge in [0, 0.05) is 5.38 Å². The molecule has 5 heteroatoms. The van der Waals surface area contributed by atoms with E-state index in [4.69, 9.17) is 9.47 Å². The Hall–Kier alpha value is -1.88. The van der Waals surface area contributed by atoms with Crippen molar-refractivity contribution >= 4 is 17.3 Å². The average Bonchev–Trinajstić information content (AvgIpc) is 2.96. The van der Waals surface area contributed by atoms with E-state index in [-0.39, 0.29) is 5.97 Å². The number of ether oxygens (including phenoxy) is 2. The van der Waals surface area contributed by atoms with Crippen LogP contribution >= 0.6 is 11.3 Å². The van der Waals surface area contributed by atoms with Crippen LogP contribution in [0.3, 0.4) is 0 Å². The zero-order valence-corrected chi connectivity index (χ0v) is 13.3. The molecule has 21 heavy (non-hydrogen) atoms. The number of aromatic nitrogens is 1. The largest absolute Gasteiger partial charge is 0.486 e. The minimum Gasteiger partial charge on any atom is -0.486 e. The molecule has 0 saturated heterocycles. The fourth-order valence-electron chi connectivity index (χ4n) is 1.74. The lowest BCUT2D eigenvalue weighted by atomic mass is 9.90. The summed E-state index contributed by atoms with van der Waals surface area (Å²) in [4.78, 5) is 16.5. The summed E-state index contributed by atoms with van der Waals surface area (Å²) < 4.78 is 10.8. The number of esters is 1. The lowest BCUT2D eigenvalue weighted by Crippen LogP contribution is -2.31. The predicted molar refractivity (Wildman–Crippen MR) is 82.5 cm³/mol. The third kappa shape index (κ3) is 3.82. The van der Waals surface area contributed by atoms with E-state index in [0.717, 1.165) is 16.5 Å². The maximum atomic E-state index is 12.0. The van der Waals surface area contributed by atoms with E-state index in [1.807, 2.05) is 49.6 Å². The van der Waals surface area contributed by atoms with Crippen molar-refractivity contribution in [2.45, 2.75) is 32.8 Å². The molecule has 0 saturated carbocycles. The van der Waals surface area contributed by atoms with Gasteiger partial charge < -0.3 is 9.47 Å². The van der Waals surface area contributed by atoms with E-state index in [1.54, 1.807) is 6.92 Å². The molecular formula is C16H19NO3S. The van der Waals surface area contributed by atoms with Gasteiger partial charge in [0.1, 0.15) is 22.8 Å². The van der Waals surface area contributed by atoms with Crippen LogP contribution in [0, 0.1) is 0 Å². The van der Waals surface area contributed by atoms with Gasteiger partial charge >= 0.3 is 5.97 Å². The smallest absolute Gasteiger partial charge is 0.317 e. The quantitative estimate of drug-likeness (QED) is 0.766. The molecular weight excluding hydrogens is 286 g/mol. The van der Waals surface area contributed by atoms with Crippen molar-refractivity contribution < 1.29 is 14.3 Å². The highest BCUT2D eigenvalue weighted by Crippen LogP contribution is 2.27. The highest BCUT2D eigenvalue weighted by atomic mass is 32.1. The van der Waals surface area contributed by atoms with Gasteiger partial charge in [-0.3, -0.25) is 4.79 Å². The summed E-state index contributed by atoms with van der Waals surface area (Å²) in [6.45, 7) is 6.21.